The fraction of sp³-hybridized carbons (Fsp3) is 0.688. The maximum atomic E-state index is 4.71. The molecule has 0 spiro atoms. The van der Waals surface area contributed by atoms with Crippen LogP contribution in [0.2, 0.25) is 0 Å². The van der Waals surface area contributed by atoms with E-state index in [1.807, 2.05) is 0 Å². The number of imidazole rings is 1. The Morgan fingerprint density at radius 3 is 2.68 bits per heavy atom. The van der Waals surface area contributed by atoms with E-state index in [-0.39, 0.29) is 5.54 Å². The Hall–Kier alpha value is -1.09. The lowest BCUT2D eigenvalue weighted by atomic mass is 10.0. The van der Waals surface area contributed by atoms with E-state index in [9.17, 15) is 0 Å². The zero-order valence-electron chi connectivity index (χ0n) is 12.8. The van der Waals surface area contributed by atoms with Crippen molar-refractivity contribution in [3.05, 3.63) is 29.4 Å². The summed E-state index contributed by atoms with van der Waals surface area (Å²) >= 11 is 0. The fourth-order valence-electron chi connectivity index (χ4n) is 2.62. The molecule has 1 aromatic rings. The molecule has 0 amide bonds. The van der Waals surface area contributed by atoms with Crippen molar-refractivity contribution in [2.75, 3.05) is 6.54 Å². The average molecular weight is 261 g/mol. The first kappa shape index (κ1) is 14.3. The van der Waals surface area contributed by atoms with Gasteiger partial charge in [0.1, 0.15) is 5.82 Å². The van der Waals surface area contributed by atoms with Crippen LogP contribution in [0.1, 0.15) is 50.8 Å². The van der Waals surface area contributed by atoms with Crippen molar-refractivity contribution in [1.29, 1.82) is 0 Å². The Morgan fingerprint density at radius 1 is 1.32 bits per heavy atom. The maximum absolute atomic E-state index is 4.71. The summed E-state index contributed by atoms with van der Waals surface area (Å²) < 4.78 is 2.36. The number of aryl methyl sites for hydroxylation is 2. The van der Waals surface area contributed by atoms with Crippen molar-refractivity contribution in [1.82, 2.24) is 14.9 Å². The van der Waals surface area contributed by atoms with Crippen LogP contribution in [0.4, 0.5) is 0 Å². The van der Waals surface area contributed by atoms with Gasteiger partial charge in [0.25, 0.3) is 0 Å². The quantitative estimate of drug-likeness (QED) is 0.844. The lowest BCUT2D eigenvalue weighted by Crippen LogP contribution is -2.37. The van der Waals surface area contributed by atoms with Crippen molar-refractivity contribution in [3.63, 3.8) is 0 Å². The molecule has 106 valence electrons. The predicted molar refractivity (Wildman–Crippen MR) is 80.5 cm³/mol. The second-order valence-corrected chi connectivity index (χ2v) is 6.70. The van der Waals surface area contributed by atoms with E-state index < -0.39 is 0 Å². The molecule has 1 heterocycles. The highest BCUT2D eigenvalue weighted by atomic mass is 15.1. The van der Waals surface area contributed by atoms with Crippen LogP contribution in [0.25, 0.3) is 0 Å². The predicted octanol–water partition coefficient (Wildman–Crippen LogP) is 3.01. The van der Waals surface area contributed by atoms with E-state index in [4.69, 9.17) is 4.98 Å². The van der Waals surface area contributed by atoms with E-state index in [0.29, 0.717) is 0 Å². The van der Waals surface area contributed by atoms with Crippen LogP contribution in [-0.4, -0.2) is 21.6 Å². The topological polar surface area (TPSA) is 29.9 Å². The Balaban J connectivity index is 2.03. The van der Waals surface area contributed by atoms with E-state index in [2.05, 4.69) is 44.2 Å². The Kier molecular flexibility index (Phi) is 4.14. The molecule has 3 nitrogen and oxygen atoms in total. The van der Waals surface area contributed by atoms with Gasteiger partial charge in [-0.3, -0.25) is 0 Å². The van der Waals surface area contributed by atoms with Gasteiger partial charge in [-0.25, -0.2) is 4.98 Å². The number of nitrogens with zero attached hydrogens (tertiary/aromatic N) is 2. The molecule has 19 heavy (non-hydrogen) atoms. The van der Waals surface area contributed by atoms with E-state index in [1.165, 1.54) is 36.2 Å². The molecule has 0 atom stereocenters. The maximum Gasteiger partial charge on any atom is 0.106 e. The molecule has 2 rings (SSSR count). The number of rotatable bonds is 4. The van der Waals surface area contributed by atoms with Gasteiger partial charge >= 0.3 is 0 Å². The first-order valence-electron chi connectivity index (χ1n) is 7.33. The highest BCUT2D eigenvalue weighted by Crippen LogP contribution is 2.22. The lowest BCUT2D eigenvalue weighted by molar-refractivity contribution is 0.439. The zero-order chi connectivity index (χ0) is 14.0. The zero-order valence-corrected chi connectivity index (χ0v) is 12.8. The number of nitrogens with one attached hydrogen (secondary N) is 1. The molecule has 1 aliphatic rings. The summed E-state index contributed by atoms with van der Waals surface area (Å²) in [7, 11) is 0. The number of aromatic nitrogens is 2. The molecule has 0 aliphatic heterocycles. The molecule has 1 aliphatic carbocycles. The molecule has 0 bridgehead atoms. The first-order chi connectivity index (χ1) is 8.87. The first-order valence-corrected chi connectivity index (χ1v) is 7.33. The molecule has 1 N–H and O–H groups in total. The number of hydrogen-bond donors (Lipinski definition) is 1. The third-order valence-corrected chi connectivity index (χ3v) is 3.67. The number of fused-ring (bicyclic) bond motifs is 1. The molecule has 0 saturated carbocycles. The van der Waals surface area contributed by atoms with Crippen molar-refractivity contribution in [3.8, 4) is 0 Å². The number of hydrogen-bond acceptors (Lipinski definition) is 2. The standard InChI is InChI=1S/C16H27N3/c1-12(10-17-16(3,4)5)11-19-13(2)18-14-8-6-7-9-15(14)19/h17H,1,6-11H2,2-5H3. The van der Waals surface area contributed by atoms with Gasteiger partial charge in [0.2, 0.25) is 0 Å². The summed E-state index contributed by atoms with van der Waals surface area (Å²) in [4.78, 5) is 4.71. The van der Waals surface area contributed by atoms with Crippen LogP contribution in [0.15, 0.2) is 12.2 Å². The molecule has 0 unspecified atom stereocenters. The summed E-state index contributed by atoms with van der Waals surface area (Å²) in [6, 6.07) is 0. The van der Waals surface area contributed by atoms with Crippen LogP contribution in [-0.2, 0) is 19.4 Å². The Bertz CT molecular complexity index is 463. The van der Waals surface area contributed by atoms with Crippen molar-refractivity contribution < 1.29 is 0 Å². The lowest BCUT2D eigenvalue weighted by Gasteiger charge is -2.22. The van der Waals surface area contributed by atoms with Crippen LogP contribution >= 0.6 is 0 Å². The third kappa shape index (κ3) is 3.69. The van der Waals surface area contributed by atoms with Gasteiger partial charge in [-0.15, -0.1) is 0 Å². The molecule has 0 radical (unpaired) electrons. The molecular formula is C16H27N3. The van der Waals surface area contributed by atoms with Gasteiger partial charge in [0, 0.05) is 24.3 Å². The van der Waals surface area contributed by atoms with Crippen molar-refractivity contribution in [2.24, 2.45) is 0 Å². The summed E-state index contributed by atoms with van der Waals surface area (Å²) in [5, 5.41) is 3.50. The smallest absolute Gasteiger partial charge is 0.106 e. The van der Waals surface area contributed by atoms with Crippen molar-refractivity contribution >= 4 is 0 Å². The molecule has 0 fully saturated rings. The summed E-state index contributed by atoms with van der Waals surface area (Å²) in [6.07, 6.45) is 4.91. The van der Waals surface area contributed by atoms with E-state index in [0.717, 1.165) is 25.3 Å². The monoisotopic (exact) mass is 261 g/mol. The molecular weight excluding hydrogens is 234 g/mol. The Labute approximate surface area is 117 Å². The van der Waals surface area contributed by atoms with Crippen LogP contribution in [0.5, 0.6) is 0 Å². The third-order valence-electron chi connectivity index (χ3n) is 3.67. The SMILES string of the molecule is C=C(CNC(C)(C)C)Cn1c(C)nc2c1CCCC2. The van der Waals surface area contributed by atoms with Gasteiger partial charge in [0.05, 0.1) is 5.69 Å². The van der Waals surface area contributed by atoms with Crippen LogP contribution in [0.3, 0.4) is 0 Å². The van der Waals surface area contributed by atoms with Gasteiger partial charge < -0.3 is 9.88 Å². The summed E-state index contributed by atoms with van der Waals surface area (Å²) in [5.41, 5.74) is 4.14. The van der Waals surface area contributed by atoms with Gasteiger partial charge in [-0.05, 0) is 59.0 Å². The van der Waals surface area contributed by atoms with Gasteiger partial charge in [-0.2, -0.15) is 0 Å². The molecule has 0 aromatic carbocycles. The summed E-state index contributed by atoms with van der Waals surface area (Å²) in [6.45, 7) is 14.7. The van der Waals surface area contributed by atoms with Crippen LogP contribution in [0, 0.1) is 6.92 Å². The fourth-order valence-corrected chi connectivity index (χ4v) is 2.62. The summed E-state index contributed by atoms with van der Waals surface area (Å²) in [5.74, 6) is 1.14. The minimum Gasteiger partial charge on any atom is -0.328 e. The van der Waals surface area contributed by atoms with E-state index >= 15 is 0 Å². The average Bonchev–Trinajstić information content (AvgIpc) is 2.63. The normalized spacial score (nSPS) is 15.4. The molecule has 1 aromatic heterocycles. The van der Waals surface area contributed by atoms with E-state index in [1.54, 1.807) is 0 Å². The van der Waals surface area contributed by atoms with Crippen LogP contribution < -0.4 is 5.32 Å². The molecule has 0 saturated heterocycles. The Morgan fingerprint density at radius 2 is 2.00 bits per heavy atom. The minimum atomic E-state index is 0.145. The highest BCUT2D eigenvalue weighted by Gasteiger charge is 2.18. The minimum absolute atomic E-state index is 0.145. The second kappa shape index (κ2) is 5.49. The van der Waals surface area contributed by atoms with Crippen molar-refractivity contribution in [2.45, 2.75) is 65.5 Å². The highest BCUT2D eigenvalue weighted by molar-refractivity contribution is 5.21. The van der Waals surface area contributed by atoms with Gasteiger partial charge in [-0.1, -0.05) is 6.58 Å². The van der Waals surface area contributed by atoms with Gasteiger partial charge in [0.15, 0.2) is 0 Å². The second-order valence-electron chi connectivity index (χ2n) is 6.70. The largest absolute Gasteiger partial charge is 0.328 e. The molecule has 3 heteroatoms.